The summed E-state index contributed by atoms with van der Waals surface area (Å²) < 4.78 is 15.3. The van der Waals surface area contributed by atoms with Crippen LogP contribution in [0.15, 0.2) is 160 Å². The highest BCUT2D eigenvalue weighted by Gasteiger charge is 2.17. The molecule has 0 bridgehead atoms. The Labute approximate surface area is 565 Å². The highest BCUT2D eigenvalue weighted by molar-refractivity contribution is 14.1. The highest BCUT2D eigenvalue weighted by atomic mass is 127. The number of nitrogens with zero attached hydrogens (tertiary/aromatic N) is 1. The molecule has 15 heteroatoms. The molecule has 0 saturated heterocycles. The minimum atomic E-state index is -1.53. The summed E-state index contributed by atoms with van der Waals surface area (Å²) in [5, 5.41) is 2.18. The van der Waals surface area contributed by atoms with Gasteiger partial charge in [-0.05, 0) is 168 Å². The van der Waals surface area contributed by atoms with Crippen LogP contribution < -0.4 is 0 Å². The van der Waals surface area contributed by atoms with Crippen LogP contribution in [0.4, 0.5) is 0 Å². The molecule has 7 aromatic carbocycles. The number of esters is 1. The maximum atomic E-state index is 12.8. The number of halogens is 7. The number of ether oxygens (including phenoxy) is 1. The Morgan fingerprint density at radius 2 is 0.881 bits per heavy atom. The Balaban J connectivity index is 0.000000335. The van der Waals surface area contributed by atoms with Gasteiger partial charge >= 0.3 is 12.1 Å². The summed E-state index contributed by atoms with van der Waals surface area (Å²) in [7, 11) is -4.32. The Hall–Kier alpha value is -4.75. The lowest BCUT2D eigenvalue weighted by Crippen LogP contribution is -2.16. The second-order valence-corrected chi connectivity index (χ2v) is 43.0. The minimum absolute atomic E-state index is 0.250. The zero-order chi connectivity index (χ0) is 62.4. The lowest BCUT2D eigenvalue weighted by molar-refractivity contribution is -0.191. The maximum absolute atomic E-state index is 12.8. The number of terminal acetylenes is 1. The second-order valence-electron chi connectivity index (χ2n) is 22.0. The molecule has 0 radical (unpaired) electrons. The van der Waals surface area contributed by atoms with Crippen molar-refractivity contribution in [3.63, 3.8) is 0 Å². The molecule has 0 fully saturated rings. The average Bonchev–Trinajstić information content (AvgIpc) is 3.57. The predicted octanol–water partition coefficient (Wildman–Crippen LogP) is 21.0. The molecule has 0 amide bonds. The Kier molecular flexibility index (Phi) is 29.5. The maximum Gasteiger partial charge on any atom is 0.373 e. The van der Waals surface area contributed by atoms with E-state index in [9.17, 15) is 4.79 Å². The molecular weight excluding hydrogens is 1600 g/mol. The summed E-state index contributed by atoms with van der Waals surface area (Å²) in [5.41, 5.74) is 21.1. The fourth-order valence-corrected chi connectivity index (χ4v) is 14.4. The Bertz CT molecular complexity index is 3840. The van der Waals surface area contributed by atoms with E-state index in [0.29, 0.717) is 12.2 Å². The first-order valence-electron chi connectivity index (χ1n) is 26.6. The molecule has 1 aromatic heterocycles. The zero-order valence-electron chi connectivity index (χ0n) is 48.8. The number of carbonyl (C=O) groups excluding carboxylic acids is 3. The van der Waals surface area contributed by atoms with Gasteiger partial charge in [-0.15, -0.1) is 23.1 Å². The van der Waals surface area contributed by atoms with Crippen LogP contribution >= 0.6 is 118 Å². The lowest BCUT2D eigenvalue weighted by atomic mass is 10.0. The van der Waals surface area contributed by atoms with E-state index in [1.54, 1.807) is 0 Å². The fourth-order valence-electron chi connectivity index (χ4n) is 7.44. The molecule has 8 rings (SSSR count). The van der Waals surface area contributed by atoms with Crippen LogP contribution in [0.2, 0.25) is 58.9 Å². The van der Waals surface area contributed by atoms with Crippen molar-refractivity contribution in [2.24, 2.45) is 0 Å². The third-order valence-corrected chi connectivity index (χ3v) is 16.9. The van der Waals surface area contributed by atoms with Crippen LogP contribution in [0.1, 0.15) is 76.0 Å². The standard InChI is InChI=1S/C43H45NO2Si2.C11H12Br2Si.C8H4Br2.C6H3Br2I.CO2/c1-9-11-33-16-20-41-39(30-33)40-31-37(43(45)46-24-10-2)17-21-42(40)44(41)38-18-14-32(15-19-38)12-13-34-27-35(22-25-47(3,4)5)29-36(28-34)23-26-48(6,7)8;1-14(2,3)5-4-9-6-10(12)8-11(13)7-9;1-2-6-3-7(9)5-8(10)4-6;7-4-1-5(8)3-6(9)2-4;2-1-3/h14-21,27-31H,9-11,24H2,1-8H3;6-8H,1-3H3;1,3-5H;1-3H;. The van der Waals surface area contributed by atoms with Gasteiger partial charge in [-0.1, -0.05) is 216 Å². The first-order chi connectivity index (χ1) is 39.5. The van der Waals surface area contributed by atoms with Crippen molar-refractivity contribution < 1.29 is 19.1 Å². The van der Waals surface area contributed by atoms with Crippen molar-refractivity contribution in [1.82, 2.24) is 4.57 Å². The predicted molar refractivity (Wildman–Crippen MR) is 390 cm³/mol. The monoisotopic (exact) mass is 1650 g/mol. The number of hydrogen-bond acceptors (Lipinski definition) is 4. The smallest absolute Gasteiger partial charge is 0.373 e. The van der Waals surface area contributed by atoms with Crippen molar-refractivity contribution in [1.29, 1.82) is 0 Å². The third-order valence-electron chi connectivity index (χ3n) is 10.9. The molecule has 8 aromatic rings. The normalized spacial score (nSPS) is 10.4. The van der Waals surface area contributed by atoms with E-state index in [1.165, 1.54) is 9.13 Å². The van der Waals surface area contributed by atoms with Gasteiger partial charge in [0.1, 0.15) is 24.2 Å². The fraction of sp³-hybridized carbons (Fsp3) is 0.217. The molecule has 0 N–H and O–H groups in total. The molecule has 0 saturated carbocycles. The van der Waals surface area contributed by atoms with Crippen molar-refractivity contribution >= 4 is 176 Å². The van der Waals surface area contributed by atoms with E-state index >= 15 is 0 Å². The summed E-state index contributed by atoms with van der Waals surface area (Å²) in [4.78, 5) is 29.0. The summed E-state index contributed by atoms with van der Waals surface area (Å²) >= 11 is 22.6. The first kappa shape index (κ1) is 71.7. The molecule has 0 aliphatic carbocycles. The van der Waals surface area contributed by atoms with Crippen LogP contribution in [0.3, 0.4) is 0 Å². The highest BCUT2D eigenvalue weighted by Crippen LogP contribution is 2.34. The SMILES string of the molecule is Brc1cc(Br)cc(I)c1.C#Cc1cc(Br)cc(Br)c1.CCCOC(=O)c1ccc2c(c1)c1cc(CCC)ccc1n2-c1ccc(C#Cc2cc(C#C[Si](C)(C)C)cc(C#C[Si](C)(C)C)c2)cc1.C[Si](C)(C)C#Cc1cc(Br)cc(Br)c1.O=C=O. The first-order valence-corrected chi connectivity index (χ1v) is 43.0. The van der Waals surface area contributed by atoms with Gasteiger partial charge < -0.3 is 9.30 Å². The van der Waals surface area contributed by atoms with Crippen LogP contribution in [0, 0.1) is 62.1 Å². The van der Waals surface area contributed by atoms with Gasteiger partial charge in [0.25, 0.3) is 0 Å². The number of hydrogen-bond donors (Lipinski definition) is 0. The van der Waals surface area contributed by atoms with Gasteiger partial charge in [-0.3, -0.25) is 0 Å². The van der Waals surface area contributed by atoms with E-state index in [0.717, 1.165) is 107 Å². The summed E-state index contributed by atoms with van der Waals surface area (Å²) in [6.07, 6.45) is 8.32. The molecule has 0 aliphatic heterocycles. The molecule has 1 heterocycles. The number of rotatable bonds is 6. The Morgan fingerprint density at radius 3 is 1.30 bits per heavy atom. The van der Waals surface area contributed by atoms with Crippen LogP contribution in [-0.2, 0) is 20.7 Å². The molecule has 5 nitrogen and oxygen atoms in total. The summed E-state index contributed by atoms with van der Waals surface area (Å²) in [6, 6.07) is 45.1. The van der Waals surface area contributed by atoms with Crippen LogP contribution in [-0.4, -0.2) is 47.5 Å². The molecule has 430 valence electrons. The number of aryl methyl sites for hydroxylation is 1. The molecule has 0 unspecified atom stereocenters. The largest absolute Gasteiger partial charge is 0.462 e. The summed E-state index contributed by atoms with van der Waals surface area (Å²) in [5.74, 6) is 19.0. The van der Waals surface area contributed by atoms with Gasteiger partial charge in [0.15, 0.2) is 0 Å². The third kappa shape index (κ3) is 26.1. The van der Waals surface area contributed by atoms with E-state index < -0.39 is 24.2 Å². The zero-order valence-corrected chi connectivity index (χ0v) is 63.5. The van der Waals surface area contributed by atoms with Gasteiger partial charge in [-0.2, -0.15) is 9.59 Å². The number of fused-ring (bicyclic) bond motifs is 3. The van der Waals surface area contributed by atoms with Crippen molar-refractivity contribution in [3.05, 3.63) is 208 Å². The molecule has 0 spiro atoms. The number of benzene rings is 7. The Morgan fingerprint density at radius 1 is 0.488 bits per heavy atom. The molecule has 84 heavy (non-hydrogen) atoms. The number of aromatic nitrogens is 1. The van der Waals surface area contributed by atoms with Crippen LogP contribution in [0.25, 0.3) is 27.5 Å². The topological polar surface area (TPSA) is 65.4 Å². The minimum Gasteiger partial charge on any atom is -0.462 e. The molecule has 0 aliphatic rings. The van der Waals surface area contributed by atoms with Crippen molar-refractivity contribution in [2.45, 2.75) is 92.0 Å². The quantitative estimate of drug-likeness (QED) is 0.0720. The molecule has 0 atom stereocenters. The van der Waals surface area contributed by atoms with E-state index in [1.807, 2.05) is 67.6 Å². The van der Waals surface area contributed by atoms with Crippen LogP contribution in [0.5, 0.6) is 0 Å². The molecular formula is C69H64Br6INO4Si3. The second kappa shape index (κ2) is 34.6. The van der Waals surface area contributed by atoms with E-state index in [2.05, 4.69) is 314 Å². The lowest BCUT2D eigenvalue weighted by Gasteiger charge is -2.09. The number of carbonyl (C=O) groups is 1. The van der Waals surface area contributed by atoms with Crippen molar-refractivity contribution in [3.8, 4) is 64.3 Å². The van der Waals surface area contributed by atoms with Gasteiger partial charge in [-0.25, -0.2) is 4.79 Å². The van der Waals surface area contributed by atoms with Crippen molar-refractivity contribution in [2.75, 3.05) is 6.61 Å². The van der Waals surface area contributed by atoms with Gasteiger partial charge in [0.05, 0.1) is 23.2 Å². The van der Waals surface area contributed by atoms with E-state index in [4.69, 9.17) is 20.7 Å². The summed E-state index contributed by atoms with van der Waals surface area (Å²) in [6.45, 7) is 24.9. The van der Waals surface area contributed by atoms with Gasteiger partial charge in [0.2, 0.25) is 0 Å². The van der Waals surface area contributed by atoms with E-state index in [-0.39, 0.29) is 12.1 Å². The average molecular weight is 1660 g/mol. The van der Waals surface area contributed by atoms with Gasteiger partial charge in [0, 0.05) is 80.2 Å².